The Bertz CT molecular complexity index is 1360. The van der Waals surface area contributed by atoms with E-state index in [0.29, 0.717) is 19.6 Å². The number of nitrogens with one attached hydrogen (secondary N) is 1. The van der Waals surface area contributed by atoms with E-state index in [4.69, 9.17) is 4.74 Å². The van der Waals surface area contributed by atoms with Crippen molar-refractivity contribution in [2.45, 2.75) is 37.6 Å². The van der Waals surface area contributed by atoms with E-state index in [1.165, 1.54) is 17.1 Å². The summed E-state index contributed by atoms with van der Waals surface area (Å²) in [5.74, 6) is -0.307. The number of amides is 1. The molecule has 0 unspecified atom stereocenters. The van der Waals surface area contributed by atoms with E-state index in [1.807, 2.05) is 26.1 Å². The van der Waals surface area contributed by atoms with Crippen molar-refractivity contribution >= 4 is 21.6 Å². The second-order valence-electron chi connectivity index (χ2n) is 9.84. The molecular formula is C26H34N6O5S. The van der Waals surface area contributed by atoms with E-state index in [-0.39, 0.29) is 46.6 Å². The molecular weight excluding hydrogens is 508 g/mol. The lowest BCUT2D eigenvalue weighted by atomic mass is 9.99. The average Bonchev–Trinajstić information content (AvgIpc) is 3.34. The molecule has 4 rings (SSSR count). The summed E-state index contributed by atoms with van der Waals surface area (Å²) in [5.41, 5.74) is 1.46. The number of hydrogen-bond donors (Lipinski definition) is 2. The highest BCUT2D eigenvalue weighted by molar-refractivity contribution is 7.92. The molecule has 2 aromatic heterocycles. The molecule has 0 aliphatic carbocycles. The first-order valence-electron chi connectivity index (χ1n) is 12.4. The number of pyridine rings is 1. The fourth-order valence-corrected chi connectivity index (χ4v) is 5.48. The number of para-hydroxylation sites is 1. The lowest BCUT2D eigenvalue weighted by Crippen LogP contribution is -2.49. The molecule has 0 fully saturated rings. The van der Waals surface area contributed by atoms with Crippen LogP contribution in [0.5, 0.6) is 5.75 Å². The molecule has 0 saturated carbocycles. The number of sulfonamides is 1. The van der Waals surface area contributed by atoms with Gasteiger partial charge in [0, 0.05) is 51.2 Å². The number of benzene rings is 1. The maximum Gasteiger partial charge on any atom is 0.281 e. The number of aromatic nitrogens is 3. The summed E-state index contributed by atoms with van der Waals surface area (Å²) in [4.78, 5) is 25.4. The quantitative estimate of drug-likeness (QED) is 0.420. The molecule has 0 saturated heterocycles. The molecule has 3 atom stereocenters. The maximum absolute atomic E-state index is 13.6. The Labute approximate surface area is 223 Å². The lowest BCUT2D eigenvalue weighted by molar-refractivity contribution is 0.0344. The van der Waals surface area contributed by atoms with Gasteiger partial charge in [0.2, 0.25) is 0 Å². The van der Waals surface area contributed by atoms with Crippen LogP contribution in [-0.4, -0.2) is 82.7 Å². The largest absolute Gasteiger partial charge is 0.486 e. The van der Waals surface area contributed by atoms with Gasteiger partial charge in [-0.3, -0.25) is 19.4 Å². The van der Waals surface area contributed by atoms with Crippen LogP contribution in [0.2, 0.25) is 0 Å². The molecule has 1 aromatic carbocycles. The minimum Gasteiger partial charge on any atom is -0.486 e. The van der Waals surface area contributed by atoms with Crippen molar-refractivity contribution in [3.8, 4) is 5.75 Å². The molecule has 1 aliphatic rings. The first-order valence-corrected chi connectivity index (χ1v) is 13.9. The zero-order valence-corrected chi connectivity index (χ0v) is 22.8. The van der Waals surface area contributed by atoms with E-state index in [9.17, 15) is 18.3 Å². The van der Waals surface area contributed by atoms with Gasteiger partial charge in [-0.15, -0.1) is 0 Å². The molecule has 0 spiro atoms. The number of carbonyl (C=O) groups excluding carboxylic acids is 1. The molecule has 1 aliphatic heterocycles. The average molecular weight is 543 g/mol. The minimum absolute atomic E-state index is 0.124. The molecule has 1 amide bonds. The molecule has 0 radical (unpaired) electrons. The Morgan fingerprint density at radius 3 is 2.66 bits per heavy atom. The molecule has 38 heavy (non-hydrogen) atoms. The summed E-state index contributed by atoms with van der Waals surface area (Å²) >= 11 is 0. The number of likely N-dealkylation sites (N-methyl/N-ethyl adjacent to an activating group) is 1. The highest BCUT2D eigenvalue weighted by Gasteiger charge is 2.35. The first-order chi connectivity index (χ1) is 18.1. The predicted octanol–water partition coefficient (Wildman–Crippen LogP) is 1.97. The highest BCUT2D eigenvalue weighted by Crippen LogP contribution is 2.36. The number of aliphatic hydroxyl groups excluding tert-OH is 1. The Hall–Kier alpha value is -3.48. The fraction of sp³-hybridized carbons (Fsp3) is 0.423. The predicted molar refractivity (Wildman–Crippen MR) is 142 cm³/mol. The SMILES string of the molecule is C[C@@H]1CN([C@@H](C)CO)C(=O)c2cccc(NS(=O)(=O)c3cn(C)cn3)c2O[C@@H]1CN(C)Cc1ccncc1. The summed E-state index contributed by atoms with van der Waals surface area (Å²) < 4.78 is 36.8. The number of nitrogens with zero attached hydrogens (tertiary/aromatic N) is 5. The van der Waals surface area contributed by atoms with E-state index < -0.39 is 16.1 Å². The number of aliphatic hydroxyl groups is 1. The number of imidazole rings is 1. The normalized spacial score (nSPS) is 18.9. The number of fused-ring (bicyclic) bond motifs is 1. The third-order valence-corrected chi connectivity index (χ3v) is 7.84. The van der Waals surface area contributed by atoms with Crippen LogP contribution in [0.4, 0.5) is 5.69 Å². The van der Waals surface area contributed by atoms with Crippen molar-refractivity contribution < 1.29 is 23.1 Å². The van der Waals surface area contributed by atoms with Gasteiger partial charge in [0.05, 0.1) is 30.2 Å². The van der Waals surface area contributed by atoms with Crippen molar-refractivity contribution in [1.82, 2.24) is 24.3 Å². The molecule has 0 bridgehead atoms. The molecule has 3 heterocycles. The van der Waals surface area contributed by atoms with Crippen molar-refractivity contribution in [2.24, 2.45) is 13.0 Å². The van der Waals surface area contributed by atoms with Gasteiger partial charge in [-0.1, -0.05) is 13.0 Å². The maximum atomic E-state index is 13.6. The van der Waals surface area contributed by atoms with E-state index in [0.717, 1.165) is 5.56 Å². The van der Waals surface area contributed by atoms with E-state index in [2.05, 4.69) is 19.6 Å². The molecule has 11 nitrogen and oxygen atoms in total. The monoisotopic (exact) mass is 542 g/mol. The van der Waals surface area contributed by atoms with Gasteiger partial charge < -0.3 is 19.3 Å². The Morgan fingerprint density at radius 2 is 2.00 bits per heavy atom. The third-order valence-electron chi connectivity index (χ3n) is 6.59. The van der Waals surface area contributed by atoms with Crippen LogP contribution in [0.15, 0.2) is 60.3 Å². The smallest absolute Gasteiger partial charge is 0.281 e. The third kappa shape index (κ3) is 6.14. The molecule has 204 valence electrons. The Morgan fingerprint density at radius 1 is 1.26 bits per heavy atom. The van der Waals surface area contributed by atoms with Gasteiger partial charge in [0.1, 0.15) is 6.10 Å². The van der Waals surface area contributed by atoms with Crippen LogP contribution in [0, 0.1) is 5.92 Å². The number of aryl methyl sites for hydroxylation is 1. The van der Waals surface area contributed by atoms with Crippen LogP contribution >= 0.6 is 0 Å². The molecule has 2 N–H and O–H groups in total. The minimum atomic E-state index is -4.04. The van der Waals surface area contributed by atoms with Crippen LogP contribution in [0.25, 0.3) is 0 Å². The van der Waals surface area contributed by atoms with Gasteiger partial charge in [-0.05, 0) is 43.8 Å². The summed E-state index contributed by atoms with van der Waals surface area (Å²) in [7, 11) is -0.382. The number of rotatable bonds is 9. The van der Waals surface area contributed by atoms with Gasteiger partial charge in [-0.2, -0.15) is 8.42 Å². The van der Waals surface area contributed by atoms with Gasteiger partial charge in [0.15, 0.2) is 10.8 Å². The van der Waals surface area contributed by atoms with Gasteiger partial charge in [0.25, 0.3) is 15.9 Å². The van der Waals surface area contributed by atoms with Gasteiger partial charge in [-0.25, -0.2) is 4.98 Å². The Balaban J connectivity index is 1.71. The van der Waals surface area contributed by atoms with Crippen LogP contribution in [0.3, 0.4) is 0 Å². The van der Waals surface area contributed by atoms with Crippen LogP contribution in [-0.2, 0) is 23.6 Å². The highest BCUT2D eigenvalue weighted by atomic mass is 32.2. The van der Waals surface area contributed by atoms with E-state index in [1.54, 1.807) is 49.5 Å². The second-order valence-corrected chi connectivity index (χ2v) is 11.5. The number of ether oxygens (including phenoxy) is 1. The second kappa shape index (κ2) is 11.5. The number of carbonyl (C=O) groups is 1. The van der Waals surface area contributed by atoms with Crippen LogP contribution < -0.4 is 9.46 Å². The zero-order valence-electron chi connectivity index (χ0n) is 22.0. The molecule has 12 heteroatoms. The van der Waals surface area contributed by atoms with Crippen molar-refractivity contribution in [3.63, 3.8) is 0 Å². The first kappa shape index (κ1) is 27.6. The fourth-order valence-electron chi connectivity index (χ4n) is 4.44. The molecule has 3 aromatic rings. The standard InChI is InChI=1S/C26H34N6O5S/c1-18-12-32(19(2)16-33)26(34)21-6-5-7-22(29-38(35,36)24-15-31(4)17-28-24)25(21)37-23(18)14-30(3)13-20-8-10-27-11-9-20/h5-11,15,17-19,23,29,33H,12-14,16H2,1-4H3/t18-,19+,23-/m1/s1. The summed E-state index contributed by atoms with van der Waals surface area (Å²) in [5, 5.41) is 9.73. The summed E-state index contributed by atoms with van der Waals surface area (Å²) in [6.07, 6.45) is 5.89. The van der Waals surface area contributed by atoms with Crippen molar-refractivity contribution in [3.05, 3.63) is 66.4 Å². The van der Waals surface area contributed by atoms with Crippen molar-refractivity contribution in [1.29, 1.82) is 0 Å². The topological polar surface area (TPSA) is 130 Å². The number of anilines is 1. The Kier molecular flexibility index (Phi) is 8.34. The zero-order chi connectivity index (χ0) is 27.4. The van der Waals surface area contributed by atoms with Crippen molar-refractivity contribution in [2.75, 3.05) is 31.5 Å². The van der Waals surface area contributed by atoms with E-state index >= 15 is 0 Å². The summed E-state index contributed by atoms with van der Waals surface area (Å²) in [6, 6.07) is 8.25. The van der Waals surface area contributed by atoms with Gasteiger partial charge >= 0.3 is 0 Å². The summed E-state index contributed by atoms with van der Waals surface area (Å²) in [6.45, 7) is 5.11. The van der Waals surface area contributed by atoms with Crippen LogP contribution in [0.1, 0.15) is 29.8 Å². The number of hydrogen-bond acceptors (Lipinski definition) is 8. The lowest BCUT2D eigenvalue weighted by Gasteiger charge is -2.38.